The lowest BCUT2D eigenvalue weighted by Crippen LogP contribution is -2.39. The third-order valence-corrected chi connectivity index (χ3v) is 4.74. The second kappa shape index (κ2) is 7.60. The highest BCUT2D eigenvalue weighted by Crippen LogP contribution is 2.46. The van der Waals surface area contributed by atoms with Crippen LogP contribution in [0.2, 0.25) is 4.47 Å². The Morgan fingerprint density at radius 2 is 1.96 bits per heavy atom. The predicted octanol–water partition coefficient (Wildman–Crippen LogP) is 4.00. The molecular formula is C13H12ClF3N3O2S+. The second-order valence-electron chi connectivity index (χ2n) is 4.17. The van der Waals surface area contributed by atoms with Crippen molar-refractivity contribution in [1.29, 1.82) is 0 Å². The van der Waals surface area contributed by atoms with Crippen molar-refractivity contribution in [2.24, 2.45) is 0 Å². The van der Waals surface area contributed by atoms with Crippen LogP contribution in [-0.4, -0.2) is 29.0 Å². The first-order valence-electron chi connectivity index (χ1n) is 6.45. The Hall–Kier alpha value is -1.87. The number of carbonyl (C=O) groups excluding carboxylic acids is 1. The van der Waals surface area contributed by atoms with Crippen LogP contribution in [0.4, 0.5) is 18.9 Å². The van der Waals surface area contributed by atoms with E-state index in [4.69, 9.17) is 11.6 Å². The monoisotopic (exact) mass is 366 g/mol. The van der Waals surface area contributed by atoms with Crippen LogP contribution in [0.1, 0.15) is 12.7 Å². The smallest absolute Gasteiger partial charge is 0.392 e. The molecule has 0 fully saturated rings. The topological polar surface area (TPSA) is 55.3 Å². The lowest BCUT2D eigenvalue weighted by molar-refractivity contribution is -0.132. The third-order valence-electron chi connectivity index (χ3n) is 2.81. The number of benzene rings is 1. The molecule has 0 bridgehead atoms. The van der Waals surface area contributed by atoms with Crippen molar-refractivity contribution < 1.29 is 22.7 Å². The number of para-hydroxylation sites is 1. The molecule has 1 aromatic carbocycles. The average molecular weight is 367 g/mol. The summed E-state index contributed by atoms with van der Waals surface area (Å²) in [6, 6.07) is 8.34. The molecule has 0 N–H and O–H groups in total. The van der Waals surface area contributed by atoms with Gasteiger partial charge >= 0.3 is 27.7 Å². The van der Waals surface area contributed by atoms with E-state index in [1.165, 1.54) is 0 Å². The predicted molar refractivity (Wildman–Crippen MR) is 80.8 cm³/mol. The fourth-order valence-electron chi connectivity index (χ4n) is 1.80. The van der Waals surface area contributed by atoms with E-state index < -0.39 is 38.2 Å². The molecule has 0 saturated heterocycles. The molecule has 0 aliphatic heterocycles. The number of anilines is 1. The molecule has 2 atom stereocenters. The summed E-state index contributed by atoms with van der Waals surface area (Å²) in [4.78, 5) is 13.3. The van der Waals surface area contributed by atoms with Gasteiger partial charge in [0.1, 0.15) is 0 Å². The molecule has 23 heavy (non-hydrogen) atoms. The maximum absolute atomic E-state index is 14.1. The third kappa shape index (κ3) is 3.91. The Bertz CT molecular complexity index is 672. The summed E-state index contributed by atoms with van der Waals surface area (Å²) in [5.74, 6) is -3.96. The van der Waals surface area contributed by atoms with Gasteiger partial charge < -0.3 is 9.64 Å². The van der Waals surface area contributed by atoms with Crippen LogP contribution < -0.4 is 9.64 Å². The van der Waals surface area contributed by atoms with E-state index in [0.29, 0.717) is 5.69 Å². The Balaban J connectivity index is 2.17. The van der Waals surface area contributed by atoms with Crippen molar-refractivity contribution in [2.75, 3.05) is 11.4 Å². The standard InChI is InChI=1S/C13H12ClF3N3O2S/c1-2-20(8-6-4-3-5-7-8)10(21)9(15)22-13-19-18-11(14)23(13)12(16)17/h3-7,9,12H,2H2,1H3/q+1. The quantitative estimate of drug-likeness (QED) is 0.725. The fourth-order valence-corrected chi connectivity index (χ4v) is 3.13. The number of carbonyl (C=O) groups is 1. The molecule has 1 aromatic heterocycles. The van der Waals surface area contributed by atoms with Crippen LogP contribution in [0.5, 0.6) is 5.19 Å². The summed E-state index contributed by atoms with van der Waals surface area (Å²) in [7, 11) is -2.06. The molecule has 1 heterocycles. The number of rotatable bonds is 6. The van der Waals surface area contributed by atoms with Gasteiger partial charge in [-0.3, -0.25) is 4.79 Å². The second-order valence-corrected chi connectivity index (χ2v) is 6.52. The van der Waals surface area contributed by atoms with Crippen LogP contribution in [0.15, 0.2) is 30.3 Å². The van der Waals surface area contributed by atoms with E-state index in [9.17, 15) is 18.0 Å². The zero-order chi connectivity index (χ0) is 17.0. The maximum atomic E-state index is 14.1. The molecule has 0 aliphatic rings. The summed E-state index contributed by atoms with van der Waals surface area (Å²) in [6.45, 7) is 1.82. The van der Waals surface area contributed by atoms with Gasteiger partial charge in [-0.1, -0.05) is 28.4 Å². The van der Waals surface area contributed by atoms with Gasteiger partial charge in [0.25, 0.3) is 0 Å². The van der Waals surface area contributed by atoms with E-state index in [-0.39, 0.29) is 6.54 Å². The molecule has 2 aromatic rings. The molecule has 2 unspecified atom stereocenters. The Morgan fingerprint density at radius 3 is 2.52 bits per heavy atom. The highest BCUT2D eigenvalue weighted by Gasteiger charge is 2.38. The number of likely N-dealkylation sites (N-methyl/N-ethyl adjacent to an activating group) is 1. The SMILES string of the molecule is CCN(C(=O)C(F)Oc1nnc(Cl)[s+]1C(F)F)c1ccccc1. The molecule has 10 heteroatoms. The number of ether oxygens (including phenoxy) is 1. The molecule has 0 spiro atoms. The van der Waals surface area contributed by atoms with Gasteiger partial charge in [-0.05, 0) is 19.1 Å². The zero-order valence-electron chi connectivity index (χ0n) is 11.8. The van der Waals surface area contributed by atoms with Gasteiger partial charge in [0.15, 0.2) is 10.5 Å². The van der Waals surface area contributed by atoms with Crippen LogP contribution in [0.25, 0.3) is 0 Å². The molecule has 1 amide bonds. The molecule has 2 rings (SSSR count). The van der Waals surface area contributed by atoms with Crippen molar-refractivity contribution in [3.8, 4) is 5.19 Å². The molecule has 0 aliphatic carbocycles. The van der Waals surface area contributed by atoms with Gasteiger partial charge in [0.2, 0.25) is 0 Å². The first-order valence-corrected chi connectivity index (χ1v) is 8.11. The van der Waals surface area contributed by atoms with Crippen LogP contribution >= 0.6 is 22.1 Å². The van der Waals surface area contributed by atoms with Crippen LogP contribution in [0, 0.1) is 0 Å². The zero-order valence-corrected chi connectivity index (χ0v) is 13.4. The maximum Gasteiger partial charge on any atom is 0.465 e. The van der Waals surface area contributed by atoms with Gasteiger partial charge in [-0.15, -0.1) is 0 Å². The number of hydrogen-bond acceptors (Lipinski definition) is 4. The summed E-state index contributed by atoms with van der Waals surface area (Å²) < 4.78 is 44.0. The van der Waals surface area contributed by atoms with E-state index in [0.717, 1.165) is 4.90 Å². The fraction of sp³-hybridized carbons (Fsp3) is 0.308. The van der Waals surface area contributed by atoms with E-state index in [1.807, 2.05) is 0 Å². The van der Waals surface area contributed by atoms with Gasteiger partial charge in [-0.2, -0.15) is 13.2 Å². The van der Waals surface area contributed by atoms with Crippen molar-refractivity contribution in [3.63, 3.8) is 0 Å². The number of hydrogen-bond donors (Lipinski definition) is 0. The largest absolute Gasteiger partial charge is 0.465 e. The number of alkyl halides is 3. The molecule has 124 valence electrons. The highest BCUT2D eigenvalue weighted by molar-refractivity contribution is 7.35. The normalized spacial score (nSPS) is 13.0. The molecular weight excluding hydrogens is 355 g/mol. The van der Waals surface area contributed by atoms with Gasteiger partial charge in [-0.25, -0.2) is 0 Å². The average Bonchev–Trinajstić information content (AvgIpc) is 2.89. The minimum absolute atomic E-state index is 0.178. The van der Waals surface area contributed by atoms with Crippen molar-refractivity contribution in [2.45, 2.75) is 19.0 Å². The Morgan fingerprint density at radius 1 is 1.30 bits per heavy atom. The van der Waals surface area contributed by atoms with Gasteiger partial charge in [0.05, 0.1) is 0 Å². The molecule has 5 nitrogen and oxygen atoms in total. The number of aromatic nitrogens is 2. The summed E-state index contributed by atoms with van der Waals surface area (Å²) in [6.07, 6.45) is -2.49. The number of amides is 1. The lowest BCUT2D eigenvalue weighted by atomic mass is 10.3. The number of nitrogens with zero attached hydrogens (tertiary/aromatic N) is 3. The molecule has 0 saturated carbocycles. The Kier molecular flexibility index (Phi) is 5.78. The van der Waals surface area contributed by atoms with Crippen molar-refractivity contribution in [3.05, 3.63) is 34.8 Å². The summed E-state index contributed by atoms with van der Waals surface area (Å²) in [5.41, 5.74) is 0.460. The first-order chi connectivity index (χ1) is 11.0. The highest BCUT2D eigenvalue weighted by atomic mass is 35.5. The summed E-state index contributed by atoms with van der Waals surface area (Å²) in [5, 5.41) is 5.83. The van der Waals surface area contributed by atoms with Gasteiger partial charge in [0, 0.05) is 23.8 Å². The Labute approximate surface area is 137 Å². The van der Waals surface area contributed by atoms with Crippen LogP contribution in [-0.2, 0) is 4.79 Å². The van der Waals surface area contributed by atoms with Crippen molar-refractivity contribution >= 4 is 33.7 Å². The van der Waals surface area contributed by atoms with Crippen molar-refractivity contribution in [1.82, 2.24) is 10.2 Å². The van der Waals surface area contributed by atoms with Crippen LogP contribution in [0.3, 0.4) is 0 Å². The van der Waals surface area contributed by atoms with E-state index in [2.05, 4.69) is 14.9 Å². The lowest BCUT2D eigenvalue weighted by Gasteiger charge is -2.21. The first kappa shape index (κ1) is 17.5. The molecule has 0 radical (unpaired) electrons. The minimum atomic E-state index is -2.94. The van der Waals surface area contributed by atoms with E-state index in [1.54, 1.807) is 37.3 Å². The number of halogens is 4. The van der Waals surface area contributed by atoms with E-state index >= 15 is 0 Å². The summed E-state index contributed by atoms with van der Waals surface area (Å²) >= 11 is 5.49. The minimum Gasteiger partial charge on any atom is -0.392 e.